The molecule has 0 bridgehead atoms. The van der Waals surface area contributed by atoms with Crippen LogP contribution in [0.4, 0.5) is 32.0 Å². The number of para-hydroxylation sites is 1. The Labute approximate surface area is 248 Å². The third-order valence-corrected chi connectivity index (χ3v) is 8.24. The fraction of sp³-hybridized carbons (Fsp3) is 0.448. The number of primary amides is 1. The van der Waals surface area contributed by atoms with Crippen molar-refractivity contribution in [2.24, 2.45) is 34.4 Å². The van der Waals surface area contributed by atoms with E-state index in [-0.39, 0.29) is 42.1 Å². The number of rotatable bonds is 8. The maximum atomic E-state index is 13.6. The van der Waals surface area contributed by atoms with Gasteiger partial charge in [-0.05, 0) is 44.1 Å². The van der Waals surface area contributed by atoms with Crippen LogP contribution in [0.15, 0.2) is 53.5 Å². The standard InChI is InChI=1S/C29H29ClF6N4O3/c30-20-8-4-7-19-22(16-5-2-1-3-6-16)38-25(27(43)39-23(19)20)40-26(42)18(13-14-28(31,32)33)21(24(37)41)15-9-11-17(12-10-15)29(34,35)36/h1-8,15,17-18,21,25H,9-14H2,(H2,37,41)(H,39,43)(H,40,42)/t15?,17?,18?,21?,25-/m1/s1. The smallest absolute Gasteiger partial charge is 0.369 e. The molecule has 1 aliphatic carbocycles. The zero-order valence-electron chi connectivity index (χ0n) is 22.6. The first-order chi connectivity index (χ1) is 20.2. The van der Waals surface area contributed by atoms with Gasteiger partial charge in [0.15, 0.2) is 0 Å². The summed E-state index contributed by atoms with van der Waals surface area (Å²) in [6.07, 6.45) is -14.1. The number of anilines is 1. The molecule has 3 atom stereocenters. The van der Waals surface area contributed by atoms with Gasteiger partial charge in [0, 0.05) is 17.5 Å². The highest BCUT2D eigenvalue weighted by atomic mass is 35.5. The van der Waals surface area contributed by atoms with E-state index in [0.717, 1.165) is 0 Å². The first-order valence-electron chi connectivity index (χ1n) is 13.6. The molecule has 43 heavy (non-hydrogen) atoms. The van der Waals surface area contributed by atoms with Crippen LogP contribution in [-0.4, -0.2) is 42.0 Å². The molecular weight excluding hydrogens is 602 g/mol. The highest BCUT2D eigenvalue weighted by Gasteiger charge is 2.47. The monoisotopic (exact) mass is 630 g/mol. The lowest BCUT2D eigenvalue weighted by Crippen LogP contribution is -2.50. The summed E-state index contributed by atoms with van der Waals surface area (Å²) in [5, 5.41) is 5.14. The van der Waals surface area contributed by atoms with E-state index >= 15 is 0 Å². The summed E-state index contributed by atoms with van der Waals surface area (Å²) in [6, 6.07) is 13.4. The molecule has 14 heteroatoms. The third kappa shape index (κ3) is 7.87. The Hall–Kier alpha value is -3.61. The SMILES string of the molecule is NC(=O)C(C1CCC(C(F)(F)F)CC1)C(CCC(F)(F)F)C(=O)N[C@H]1N=C(c2ccccc2)c2cccc(Cl)c2NC1=O. The van der Waals surface area contributed by atoms with E-state index in [1.165, 1.54) is 6.07 Å². The number of carbonyl (C=O) groups is 3. The van der Waals surface area contributed by atoms with Gasteiger partial charge in [-0.15, -0.1) is 0 Å². The number of aliphatic imine (C=N–C) groups is 1. The van der Waals surface area contributed by atoms with Gasteiger partial charge < -0.3 is 16.4 Å². The molecule has 3 amide bonds. The van der Waals surface area contributed by atoms with Crippen LogP contribution in [0.1, 0.15) is 49.7 Å². The minimum Gasteiger partial charge on any atom is -0.369 e. The Kier molecular flexibility index (Phi) is 9.73. The van der Waals surface area contributed by atoms with Crippen LogP contribution in [0, 0.1) is 23.7 Å². The number of nitrogens with one attached hydrogen (secondary N) is 2. The average molecular weight is 631 g/mol. The minimum absolute atomic E-state index is 0.151. The minimum atomic E-state index is -4.70. The molecule has 1 fully saturated rings. The van der Waals surface area contributed by atoms with Gasteiger partial charge in [0.2, 0.25) is 18.0 Å². The van der Waals surface area contributed by atoms with E-state index in [2.05, 4.69) is 15.6 Å². The molecule has 0 aromatic heterocycles. The lowest BCUT2D eigenvalue weighted by Gasteiger charge is -2.36. The van der Waals surface area contributed by atoms with Crippen molar-refractivity contribution in [2.75, 3.05) is 5.32 Å². The number of nitrogens with two attached hydrogens (primary N) is 1. The molecule has 2 aliphatic rings. The van der Waals surface area contributed by atoms with Gasteiger partial charge in [-0.2, -0.15) is 26.3 Å². The molecule has 4 N–H and O–H groups in total. The van der Waals surface area contributed by atoms with Crippen molar-refractivity contribution in [1.29, 1.82) is 0 Å². The second kappa shape index (κ2) is 12.9. The number of fused-ring (bicyclic) bond motifs is 1. The predicted octanol–water partition coefficient (Wildman–Crippen LogP) is 6.00. The van der Waals surface area contributed by atoms with Crippen molar-refractivity contribution >= 4 is 40.7 Å². The first-order valence-corrected chi connectivity index (χ1v) is 14.0. The summed E-state index contributed by atoms with van der Waals surface area (Å²) >= 11 is 6.34. The van der Waals surface area contributed by atoms with Gasteiger partial charge in [-0.25, -0.2) is 4.99 Å². The van der Waals surface area contributed by atoms with Crippen LogP contribution in [0.25, 0.3) is 0 Å². The van der Waals surface area contributed by atoms with E-state index in [1.54, 1.807) is 42.5 Å². The summed E-state index contributed by atoms with van der Waals surface area (Å²) in [5.41, 5.74) is 7.01. The third-order valence-electron chi connectivity index (χ3n) is 7.93. The number of benzodiazepines with no additional fused rings is 1. The van der Waals surface area contributed by atoms with Gasteiger partial charge in [-0.1, -0.05) is 54.1 Å². The van der Waals surface area contributed by atoms with Gasteiger partial charge in [-0.3, -0.25) is 14.4 Å². The normalized spacial score (nSPS) is 22.3. The van der Waals surface area contributed by atoms with Crippen molar-refractivity contribution in [3.63, 3.8) is 0 Å². The molecule has 2 aromatic carbocycles. The highest BCUT2D eigenvalue weighted by Crippen LogP contribution is 2.44. The van der Waals surface area contributed by atoms with Crippen molar-refractivity contribution in [3.05, 3.63) is 64.7 Å². The maximum absolute atomic E-state index is 13.6. The number of amides is 3. The Bertz CT molecular complexity index is 1370. The molecule has 4 rings (SSSR count). The van der Waals surface area contributed by atoms with Crippen LogP contribution < -0.4 is 16.4 Å². The van der Waals surface area contributed by atoms with Gasteiger partial charge in [0.05, 0.1) is 34.2 Å². The number of alkyl halides is 6. The molecule has 7 nitrogen and oxygen atoms in total. The van der Waals surface area contributed by atoms with E-state index in [9.17, 15) is 40.7 Å². The molecule has 232 valence electrons. The van der Waals surface area contributed by atoms with Gasteiger partial charge in [0.25, 0.3) is 5.91 Å². The topological polar surface area (TPSA) is 114 Å². The zero-order chi connectivity index (χ0) is 31.5. The van der Waals surface area contributed by atoms with E-state index in [1.807, 2.05) is 0 Å². The molecule has 1 saturated carbocycles. The summed E-state index contributed by atoms with van der Waals surface area (Å²) in [6.45, 7) is 0. The predicted molar refractivity (Wildman–Crippen MR) is 147 cm³/mol. The summed E-state index contributed by atoms with van der Waals surface area (Å²) in [4.78, 5) is 43.9. The molecule has 1 aliphatic heterocycles. The van der Waals surface area contributed by atoms with E-state index in [0.29, 0.717) is 11.1 Å². The highest BCUT2D eigenvalue weighted by molar-refractivity contribution is 6.36. The molecule has 0 radical (unpaired) electrons. The molecule has 2 aromatic rings. The number of hydrogen-bond acceptors (Lipinski definition) is 4. The van der Waals surface area contributed by atoms with Crippen molar-refractivity contribution in [1.82, 2.24) is 5.32 Å². The fourth-order valence-electron chi connectivity index (χ4n) is 5.82. The van der Waals surface area contributed by atoms with Crippen LogP contribution in [-0.2, 0) is 14.4 Å². The Morgan fingerprint density at radius 1 is 1.00 bits per heavy atom. The zero-order valence-corrected chi connectivity index (χ0v) is 23.4. The number of carbonyl (C=O) groups excluding carboxylic acids is 3. The van der Waals surface area contributed by atoms with Crippen LogP contribution in [0.5, 0.6) is 0 Å². The Morgan fingerprint density at radius 2 is 1.65 bits per heavy atom. The number of hydrogen-bond donors (Lipinski definition) is 3. The number of halogens is 7. The lowest BCUT2D eigenvalue weighted by atomic mass is 9.69. The number of benzene rings is 2. The largest absolute Gasteiger partial charge is 0.391 e. The van der Waals surface area contributed by atoms with Crippen molar-refractivity contribution in [2.45, 2.75) is 57.0 Å². The molecule has 0 saturated heterocycles. The Balaban J connectivity index is 1.67. The summed E-state index contributed by atoms with van der Waals surface area (Å²) in [7, 11) is 0. The summed E-state index contributed by atoms with van der Waals surface area (Å²) < 4.78 is 79.6. The Morgan fingerprint density at radius 3 is 2.23 bits per heavy atom. The molecular formula is C29H29ClF6N4O3. The quantitative estimate of drug-likeness (QED) is 0.311. The summed E-state index contributed by atoms with van der Waals surface area (Å²) in [5.74, 6) is -8.68. The van der Waals surface area contributed by atoms with Crippen LogP contribution in [0.2, 0.25) is 5.02 Å². The molecule has 0 spiro atoms. The second-order valence-electron chi connectivity index (χ2n) is 10.7. The maximum Gasteiger partial charge on any atom is 0.391 e. The van der Waals surface area contributed by atoms with Gasteiger partial charge in [0.1, 0.15) is 0 Å². The van der Waals surface area contributed by atoms with Crippen molar-refractivity contribution in [3.8, 4) is 0 Å². The van der Waals surface area contributed by atoms with Gasteiger partial charge >= 0.3 is 12.4 Å². The van der Waals surface area contributed by atoms with Crippen LogP contribution >= 0.6 is 11.6 Å². The molecule has 1 heterocycles. The lowest BCUT2D eigenvalue weighted by molar-refractivity contribution is -0.185. The van der Waals surface area contributed by atoms with Crippen LogP contribution in [0.3, 0.4) is 0 Å². The average Bonchev–Trinajstić information content (AvgIpc) is 3.07. The molecule has 2 unspecified atom stereocenters. The van der Waals surface area contributed by atoms with E-state index < -0.39 is 72.8 Å². The number of nitrogens with zero attached hydrogens (tertiary/aromatic N) is 1. The first kappa shape index (κ1) is 32.3. The fourth-order valence-corrected chi connectivity index (χ4v) is 6.04. The second-order valence-corrected chi connectivity index (χ2v) is 11.2. The van der Waals surface area contributed by atoms with Crippen molar-refractivity contribution < 1.29 is 40.7 Å². The van der Waals surface area contributed by atoms with E-state index in [4.69, 9.17) is 17.3 Å².